The van der Waals surface area contributed by atoms with Gasteiger partial charge >= 0.3 is 0 Å². The molecule has 3 heterocycles. The lowest BCUT2D eigenvalue weighted by Gasteiger charge is -2.29. The lowest BCUT2D eigenvalue weighted by Crippen LogP contribution is -2.35. The number of fused-ring (bicyclic) bond motifs is 1. The van der Waals surface area contributed by atoms with Gasteiger partial charge in [0.2, 0.25) is 5.28 Å². The molecule has 7 heteroatoms. The first-order valence-corrected chi connectivity index (χ1v) is 6.89. The van der Waals surface area contributed by atoms with Crippen molar-refractivity contribution in [3.8, 4) is 0 Å². The molecule has 0 saturated carbocycles. The third-order valence-electron chi connectivity index (χ3n) is 3.56. The smallest absolute Gasteiger partial charge is 0.226 e. The van der Waals surface area contributed by atoms with Gasteiger partial charge in [0.05, 0.1) is 11.6 Å². The van der Waals surface area contributed by atoms with Crippen LogP contribution in [0.1, 0.15) is 12.8 Å². The number of aromatic amines is 1. The van der Waals surface area contributed by atoms with Gasteiger partial charge in [-0.2, -0.15) is 15.1 Å². The summed E-state index contributed by atoms with van der Waals surface area (Å²) >= 11 is 5.91. The second-order valence-corrected chi connectivity index (χ2v) is 5.46. The van der Waals surface area contributed by atoms with Crippen molar-refractivity contribution < 1.29 is 0 Å². The molecule has 0 aliphatic carbocycles. The molecule has 2 aromatic rings. The molecule has 1 unspecified atom stereocenters. The molecule has 2 N–H and O–H groups in total. The highest BCUT2D eigenvalue weighted by atomic mass is 35.5. The van der Waals surface area contributed by atoms with Gasteiger partial charge in [0.25, 0.3) is 0 Å². The zero-order chi connectivity index (χ0) is 13.2. The largest absolute Gasteiger partial charge is 0.369 e. The van der Waals surface area contributed by atoms with Crippen molar-refractivity contribution >= 4 is 28.5 Å². The van der Waals surface area contributed by atoms with Gasteiger partial charge in [-0.05, 0) is 44.0 Å². The fourth-order valence-corrected chi connectivity index (χ4v) is 2.79. The molecule has 102 valence electrons. The van der Waals surface area contributed by atoms with E-state index in [1.54, 1.807) is 6.20 Å². The molecule has 0 radical (unpaired) electrons. The maximum Gasteiger partial charge on any atom is 0.226 e. The van der Waals surface area contributed by atoms with Crippen molar-refractivity contribution in [2.75, 3.05) is 32.0 Å². The summed E-state index contributed by atoms with van der Waals surface area (Å²) in [6.07, 6.45) is 4.24. The highest BCUT2D eigenvalue weighted by Crippen LogP contribution is 2.21. The Morgan fingerprint density at radius 2 is 2.42 bits per heavy atom. The number of likely N-dealkylation sites (tertiary alicyclic amines) is 1. The fourth-order valence-electron chi connectivity index (χ4n) is 2.62. The lowest BCUT2D eigenvalue weighted by molar-refractivity contribution is 0.217. The van der Waals surface area contributed by atoms with Gasteiger partial charge in [-0.3, -0.25) is 5.10 Å². The minimum atomic E-state index is 0.236. The van der Waals surface area contributed by atoms with E-state index >= 15 is 0 Å². The van der Waals surface area contributed by atoms with Crippen LogP contribution in [0.25, 0.3) is 11.0 Å². The molecule has 0 bridgehead atoms. The predicted molar refractivity (Wildman–Crippen MR) is 75.4 cm³/mol. The summed E-state index contributed by atoms with van der Waals surface area (Å²) in [5.41, 5.74) is 0.670. The van der Waals surface area contributed by atoms with Crippen LogP contribution in [0.5, 0.6) is 0 Å². The van der Waals surface area contributed by atoms with Gasteiger partial charge in [-0.1, -0.05) is 0 Å². The van der Waals surface area contributed by atoms with Crippen molar-refractivity contribution in [2.24, 2.45) is 5.92 Å². The van der Waals surface area contributed by atoms with Gasteiger partial charge in [-0.15, -0.1) is 0 Å². The molecular weight excluding hydrogens is 264 g/mol. The zero-order valence-corrected chi connectivity index (χ0v) is 11.6. The van der Waals surface area contributed by atoms with Gasteiger partial charge in [-0.25, -0.2) is 0 Å². The Labute approximate surface area is 116 Å². The quantitative estimate of drug-likeness (QED) is 0.839. The van der Waals surface area contributed by atoms with Crippen molar-refractivity contribution in [1.82, 2.24) is 25.1 Å². The zero-order valence-electron chi connectivity index (χ0n) is 10.9. The van der Waals surface area contributed by atoms with E-state index in [0.29, 0.717) is 11.6 Å². The highest BCUT2D eigenvalue weighted by molar-refractivity contribution is 6.28. The van der Waals surface area contributed by atoms with Crippen LogP contribution in [-0.4, -0.2) is 51.7 Å². The molecule has 1 aliphatic rings. The molecule has 1 atom stereocenters. The molecule has 0 spiro atoms. The summed E-state index contributed by atoms with van der Waals surface area (Å²) < 4.78 is 0. The number of rotatable bonds is 3. The Bertz CT molecular complexity index is 568. The average Bonchev–Trinajstić information content (AvgIpc) is 2.84. The van der Waals surface area contributed by atoms with E-state index in [9.17, 15) is 0 Å². The minimum absolute atomic E-state index is 0.236. The van der Waals surface area contributed by atoms with Gasteiger partial charge in [0.1, 0.15) is 5.82 Å². The predicted octanol–water partition coefficient (Wildman–Crippen LogP) is 1.76. The molecule has 3 rings (SSSR count). The van der Waals surface area contributed by atoms with Gasteiger partial charge in [0, 0.05) is 13.1 Å². The molecule has 0 aromatic carbocycles. The Kier molecular flexibility index (Phi) is 3.52. The van der Waals surface area contributed by atoms with E-state index in [0.717, 1.165) is 24.3 Å². The van der Waals surface area contributed by atoms with Crippen LogP contribution in [0.3, 0.4) is 0 Å². The molecule has 1 fully saturated rings. The van der Waals surface area contributed by atoms with Gasteiger partial charge < -0.3 is 10.2 Å². The summed E-state index contributed by atoms with van der Waals surface area (Å²) in [4.78, 5) is 10.7. The fraction of sp³-hybridized carbons (Fsp3) is 0.583. The van der Waals surface area contributed by atoms with E-state index in [2.05, 4.69) is 37.4 Å². The number of halogens is 1. The third kappa shape index (κ3) is 2.79. The van der Waals surface area contributed by atoms with E-state index in [1.807, 2.05) is 0 Å². The Hall–Kier alpha value is -1.40. The molecule has 2 aromatic heterocycles. The molecule has 19 heavy (non-hydrogen) atoms. The third-order valence-corrected chi connectivity index (χ3v) is 3.73. The second kappa shape index (κ2) is 5.30. The number of aromatic nitrogens is 4. The van der Waals surface area contributed by atoms with Crippen LogP contribution in [0.4, 0.5) is 5.82 Å². The van der Waals surface area contributed by atoms with Crippen LogP contribution >= 0.6 is 11.6 Å². The minimum Gasteiger partial charge on any atom is -0.369 e. The number of hydrogen-bond donors (Lipinski definition) is 2. The van der Waals surface area contributed by atoms with Crippen LogP contribution in [0, 0.1) is 5.92 Å². The first-order chi connectivity index (χ1) is 9.22. The maximum absolute atomic E-state index is 5.91. The number of anilines is 1. The van der Waals surface area contributed by atoms with Crippen LogP contribution < -0.4 is 5.32 Å². The monoisotopic (exact) mass is 280 g/mol. The summed E-state index contributed by atoms with van der Waals surface area (Å²) in [7, 11) is 2.17. The lowest BCUT2D eigenvalue weighted by atomic mass is 9.98. The topological polar surface area (TPSA) is 69.7 Å². The van der Waals surface area contributed by atoms with Crippen LogP contribution in [-0.2, 0) is 0 Å². The molecule has 0 amide bonds. The summed E-state index contributed by atoms with van der Waals surface area (Å²) in [5.74, 6) is 1.41. The Morgan fingerprint density at radius 1 is 1.53 bits per heavy atom. The van der Waals surface area contributed by atoms with Crippen molar-refractivity contribution in [3.63, 3.8) is 0 Å². The molecular formula is C12H17ClN6. The number of piperidine rings is 1. The summed E-state index contributed by atoms with van der Waals surface area (Å²) in [6, 6.07) is 0. The first kappa shape index (κ1) is 12.6. The maximum atomic E-state index is 5.91. The Morgan fingerprint density at radius 3 is 3.26 bits per heavy atom. The van der Waals surface area contributed by atoms with E-state index < -0.39 is 0 Å². The highest BCUT2D eigenvalue weighted by Gasteiger charge is 2.17. The SMILES string of the molecule is CN1CCCC(CNc2nc(Cl)nc3[nH]ncc23)C1. The van der Waals surface area contributed by atoms with E-state index in [4.69, 9.17) is 11.6 Å². The number of H-pyrrole nitrogens is 1. The normalized spacial score (nSPS) is 20.8. The number of nitrogens with one attached hydrogen (secondary N) is 2. The van der Waals surface area contributed by atoms with Crippen molar-refractivity contribution in [2.45, 2.75) is 12.8 Å². The van der Waals surface area contributed by atoms with E-state index in [1.165, 1.54) is 19.4 Å². The van der Waals surface area contributed by atoms with Crippen LogP contribution in [0.15, 0.2) is 6.20 Å². The molecule has 6 nitrogen and oxygen atoms in total. The first-order valence-electron chi connectivity index (χ1n) is 6.51. The second-order valence-electron chi connectivity index (χ2n) is 5.12. The van der Waals surface area contributed by atoms with Crippen molar-refractivity contribution in [3.05, 3.63) is 11.5 Å². The molecule has 1 saturated heterocycles. The molecule has 1 aliphatic heterocycles. The Balaban J connectivity index is 1.72. The number of nitrogens with zero attached hydrogens (tertiary/aromatic N) is 4. The summed E-state index contributed by atoms with van der Waals surface area (Å²) in [6.45, 7) is 3.22. The van der Waals surface area contributed by atoms with Crippen molar-refractivity contribution in [1.29, 1.82) is 0 Å². The van der Waals surface area contributed by atoms with Gasteiger partial charge in [0.15, 0.2) is 5.65 Å². The van der Waals surface area contributed by atoms with Crippen LogP contribution in [0.2, 0.25) is 5.28 Å². The standard InChI is InChI=1S/C12H17ClN6/c1-19-4-2-3-8(7-19)5-14-10-9-6-15-18-11(9)17-12(13)16-10/h6,8H,2-5,7H2,1H3,(H2,14,15,16,17,18). The summed E-state index contributed by atoms with van der Waals surface area (Å²) in [5, 5.41) is 11.3. The average molecular weight is 281 g/mol. The van der Waals surface area contributed by atoms with E-state index in [-0.39, 0.29) is 5.28 Å². The number of hydrogen-bond acceptors (Lipinski definition) is 5.